The van der Waals surface area contributed by atoms with Crippen LogP contribution in [0.3, 0.4) is 0 Å². The first-order chi connectivity index (χ1) is 21.5. The Balaban J connectivity index is 1.62. The van der Waals surface area contributed by atoms with Gasteiger partial charge in [0.1, 0.15) is 24.1 Å². The van der Waals surface area contributed by atoms with Crippen molar-refractivity contribution in [2.75, 3.05) is 7.11 Å². The molecule has 3 aromatic carbocycles. The summed E-state index contributed by atoms with van der Waals surface area (Å²) < 4.78 is 20.7. The summed E-state index contributed by atoms with van der Waals surface area (Å²) in [5.74, 6) is 0.433. The van der Waals surface area contributed by atoms with Crippen molar-refractivity contribution in [3.05, 3.63) is 127 Å². The van der Waals surface area contributed by atoms with Gasteiger partial charge >= 0.3 is 5.97 Å². The topological polar surface area (TPSA) is 122 Å². The molecule has 45 heavy (non-hydrogen) atoms. The van der Waals surface area contributed by atoms with Crippen LogP contribution in [0.4, 0.5) is 5.69 Å². The van der Waals surface area contributed by atoms with Gasteiger partial charge in [-0.15, -0.1) is 0 Å². The first kappa shape index (κ1) is 32.3. The van der Waals surface area contributed by atoms with Crippen molar-refractivity contribution in [3.63, 3.8) is 0 Å². The lowest BCUT2D eigenvalue weighted by molar-refractivity contribution is -0.384. The third-order valence-electron chi connectivity index (χ3n) is 6.87. The van der Waals surface area contributed by atoms with Gasteiger partial charge < -0.3 is 14.2 Å². The number of esters is 1. The zero-order chi connectivity index (χ0) is 32.4. The molecule has 1 aromatic heterocycles. The van der Waals surface area contributed by atoms with Crippen molar-refractivity contribution >= 4 is 60.9 Å². The number of carbonyl (C=O) groups is 1. The second kappa shape index (κ2) is 13.5. The molecule has 1 atom stereocenters. The van der Waals surface area contributed by atoms with E-state index in [1.807, 2.05) is 24.3 Å². The fourth-order valence-electron chi connectivity index (χ4n) is 4.85. The Bertz CT molecular complexity index is 2020. The highest BCUT2D eigenvalue weighted by Crippen LogP contribution is 2.37. The number of nitro benzene ring substituents is 1. The molecule has 10 nitrogen and oxygen atoms in total. The fourth-order valence-corrected chi connectivity index (χ4v) is 6.65. The van der Waals surface area contributed by atoms with Gasteiger partial charge in [0.05, 0.1) is 33.9 Å². The van der Waals surface area contributed by atoms with Crippen LogP contribution < -0.4 is 24.4 Å². The smallest absolute Gasteiger partial charge is 0.338 e. The van der Waals surface area contributed by atoms with Crippen molar-refractivity contribution in [3.8, 4) is 11.5 Å². The Morgan fingerprint density at radius 2 is 1.76 bits per heavy atom. The minimum absolute atomic E-state index is 0.00639. The number of nitro groups is 1. The molecule has 0 radical (unpaired) electrons. The molecular weight excluding hydrogens is 730 g/mol. The predicted molar refractivity (Wildman–Crippen MR) is 177 cm³/mol. The van der Waals surface area contributed by atoms with Crippen LogP contribution in [-0.2, 0) is 16.1 Å². The molecule has 2 heterocycles. The zero-order valence-corrected chi connectivity index (χ0v) is 28.6. The van der Waals surface area contributed by atoms with E-state index < -0.39 is 16.9 Å². The number of allylic oxidation sites excluding steroid dienone is 1. The van der Waals surface area contributed by atoms with Gasteiger partial charge in [0.25, 0.3) is 11.2 Å². The number of rotatable bonds is 9. The molecule has 13 heteroatoms. The number of methoxy groups -OCH3 is 1. The van der Waals surface area contributed by atoms with Crippen LogP contribution in [-0.4, -0.2) is 28.7 Å². The third kappa shape index (κ3) is 6.95. The van der Waals surface area contributed by atoms with E-state index in [0.29, 0.717) is 37.7 Å². The summed E-state index contributed by atoms with van der Waals surface area (Å²) in [6.45, 7) is 5.41. The van der Waals surface area contributed by atoms with Crippen LogP contribution in [0.2, 0.25) is 0 Å². The number of ether oxygens (including phenoxy) is 3. The average molecular weight is 757 g/mol. The van der Waals surface area contributed by atoms with E-state index in [-0.39, 0.29) is 29.5 Å². The van der Waals surface area contributed by atoms with Gasteiger partial charge in [0, 0.05) is 32.2 Å². The first-order valence-electron chi connectivity index (χ1n) is 13.7. The van der Waals surface area contributed by atoms with Gasteiger partial charge in [0.2, 0.25) is 0 Å². The molecule has 1 aliphatic heterocycles. The van der Waals surface area contributed by atoms with Crippen molar-refractivity contribution in [1.29, 1.82) is 0 Å². The summed E-state index contributed by atoms with van der Waals surface area (Å²) in [7, 11) is 1.53. The third-order valence-corrected chi connectivity index (χ3v) is 8.84. The second-order valence-corrected chi connectivity index (χ2v) is 13.2. The molecule has 0 bridgehead atoms. The van der Waals surface area contributed by atoms with Crippen LogP contribution in [0.25, 0.3) is 6.08 Å². The van der Waals surface area contributed by atoms with Crippen LogP contribution in [0.5, 0.6) is 11.5 Å². The van der Waals surface area contributed by atoms with Crippen molar-refractivity contribution < 1.29 is 23.9 Å². The number of aromatic nitrogens is 1. The summed E-state index contributed by atoms with van der Waals surface area (Å²) in [5, 5.41) is 11.0. The van der Waals surface area contributed by atoms with Crippen molar-refractivity contribution in [2.45, 2.75) is 39.5 Å². The van der Waals surface area contributed by atoms with E-state index in [0.717, 1.165) is 14.5 Å². The molecule has 5 rings (SSSR count). The number of halogens is 2. The zero-order valence-electron chi connectivity index (χ0n) is 24.6. The van der Waals surface area contributed by atoms with Gasteiger partial charge in [0.15, 0.2) is 4.80 Å². The summed E-state index contributed by atoms with van der Waals surface area (Å²) in [5.41, 5.74) is 2.29. The molecular formula is C32H27Br2N3O7S. The van der Waals surface area contributed by atoms with E-state index in [4.69, 9.17) is 14.2 Å². The molecule has 0 saturated carbocycles. The number of thiazole rings is 1. The number of non-ortho nitro benzene ring substituents is 1. The standard InChI is InChI=1S/C32H27Br2N3O7S/c1-17(2)44-31(39)28-18(3)35-32-36(29(28)24-15-22(34)8-12-26(24)42-4)30(38)27(45-32)14-20-13-21(33)7-11-25(20)43-16-19-5-9-23(10-6-19)37(40)41/h5-15,17,29H,16H2,1-4H3/b27-14-/t29-/m1/s1. The molecule has 0 spiro atoms. The fraction of sp³-hybridized carbons (Fsp3) is 0.219. The Morgan fingerprint density at radius 3 is 2.40 bits per heavy atom. The Labute approximate surface area is 278 Å². The molecule has 0 N–H and O–H groups in total. The predicted octanol–water partition coefficient (Wildman–Crippen LogP) is 6.21. The molecule has 0 fully saturated rings. The van der Waals surface area contributed by atoms with Crippen LogP contribution >= 0.6 is 43.2 Å². The van der Waals surface area contributed by atoms with Crippen molar-refractivity contribution in [1.82, 2.24) is 4.57 Å². The Kier molecular flexibility index (Phi) is 9.70. The molecule has 232 valence electrons. The largest absolute Gasteiger partial charge is 0.496 e. The monoisotopic (exact) mass is 755 g/mol. The molecule has 4 aromatic rings. The van der Waals surface area contributed by atoms with Crippen LogP contribution in [0.1, 0.15) is 43.5 Å². The Morgan fingerprint density at radius 1 is 1.09 bits per heavy atom. The lowest BCUT2D eigenvalue weighted by atomic mass is 9.95. The number of fused-ring (bicyclic) bond motifs is 1. The van der Waals surface area contributed by atoms with Crippen LogP contribution in [0.15, 0.2) is 90.7 Å². The molecule has 0 unspecified atom stereocenters. The van der Waals surface area contributed by atoms with Gasteiger partial charge in [-0.1, -0.05) is 43.2 Å². The number of nitrogens with zero attached hydrogens (tertiary/aromatic N) is 3. The summed E-state index contributed by atoms with van der Waals surface area (Å²) in [4.78, 5) is 43.3. The number of carbonyl (C=O) groups excluding carboxylic acids is 1. The van der Waals surface area contributed by atoms with E-state index >= 15 is 0 Å². The quantitative estimate of drug-likeness (QED) is 0.113. The highest BCUT2D eigenvalue weighted by molar-refractivity contribution is 9.10. The molecule has 1 aliphatic rings. The molecule has 0 aliphatic carbocycles. The normalized spacial score (nSPS) is 14.6. The van der Waals surface area contributed by atoms with E-state index in [9.17, 15) is 19.7 Å². The lowest BCUT2D eigenvalue weighted by Crippen LogP contribution is -2.40. The summed E-state index contributed by atoms with van der Waals surface area (Å²) >= 11 is 8.21. The van der Waals surface area contributed by atoms with Crippen LogP contribution in [0, 0.1) is 10.1 Å². The van der Waals surface area contributed by atoms with Crippen molar-refractivity contribution in [2.24, 2.45) is 4.99 Å². The maximum absolute atomic E-state index is 14.2. The maximum Gasteiger partial charge on any atom is 0.338 e. The van der Waals surface area contributed by atoms with Gasteiger partial charge in [-0.2, -0.15) is 0 Å². The van der Waals surface area contributed by atoms with Gasteiger partial charge in [-0.05, 0) is 80.9 Å². The van der Waals surface area contributed by atoms with E-state index in [2.05, 4.69) is 36.9 Å². The highest BCUT2D eigenvalue weighted by Gasteiger charge is 2.35. The molecule has 0 amide bonds. The highest BCUT2D eigenvalue weighted by atomic mass is 79.9. The molecule has 0 saturated heterocycles. The van der Waals surface area contributed by atoms with E-state index in [1.54, 1.807) is 51.1 Å². The van der Waals surface area contributed by atoms with Gasteiger partial charge in [-0.25, -0.2) is 9.79 Å². The second-order valence-electron chi connectivity index (χ2n) is 10.3. The van der Waals surface area contributed by atoms with E-state index in [1.165, 1.54) is 35.1 Å². The summed E-state index contributed by atoms with van der Waals surface area (Å²) in [6, 6.07) is 16.1. The minimum atomic E-state index is -0.859. The minimum Gasteiger partial charge on any atom is -0.496 e. The number of hydrogen-bond acceptors (Lipinski definition) is 9. The Hall–Kier alpha value is -4.07. The maximum atomic E-state index is 14.2. The number of benzene rings is 3. The first-order valence-corrected chi connectivity index (χ1v) is 16.1. The van der Waals surface area contributed by atoms with Gasteiger partial charge in [-0.3, -0.25) is 19.5 Å². The SMILES string of the molecule is COc1ccc(Br)cc1[C@@H]1C(C(=O)OC(C)C)=C(C)N=c2s/c(=C\c3cc(Br)ccc3OCc3ccc([N+](=O)[O-])cc3)c(=O)n21. The summed E-state index contributed by atoms with van der Waals surface area (Å²) in [6.07, 6.45) is 1.34. The number of hydrogen-bond donors (Lipinski definition) is 0. The average Bonchev–Trinajstić information content (AvgIpc) is 3.29. The lowest BCUT2D eigenvalue weighted by Gasteiger charge is -2.26.